The average molecular weight is 276 g/mol. The third kappa shape index (κ3) is 3.97. The largest absolute Gasteiger partial charge is 0.483 e. The van der Waals surface area contributed by atoms with E-state index in [4.69, 9.17) is 10.5 Å². The van der Waals surface area contributed by atoms with Gasteiger partial charge < -0.3 is 15.4 Å². The summed E-state index contributed by atoms with van der Waals surface area (Å²) in [5.41, 5.74) is 6.85. The maximum atomic E-state index is 12.2. The monoisotopic (exact) mass is 276 g/mol. The van der Waals surface area contributed by atoms with E-state index in [9.17, 15) is 4.79 Å². The Kier molecular flexibility index (Phi) is 5.41. The number of amides is 1. The van der Waals surface area contributed by atoms with Gasteiger partial charge in [0.05, 0.1) is 0 Å². The van der Waals surface area contributed by atoms with Gasteiger partial charge in [0, 0.05) is 24.7 Å². The van der Waals surface area contributed by atoms with Crippen molar-refractivity contribution < 1.29 is 9.53 Å². The molecule has 1 aliphatic rings. The molecular formula is C16H24N2O2. The molecule has 1 heterocycles. The number of para-hydroxylation sites is 1. The first-order chi connectivity index (χ1) is 9.68. The molecule has 4 nitrogen and oxygen atoms in total. The van der Waals surface area contributed by atoms with E-state index >= 15 is 0 Å². The van der Waals surface area contributed by atoms with Crippen molar-refractivity contribution in [2.75, 3.05) is 19.7 Å². The number of likely N-dealkylation sites (tertiary alicyclic amines) is 1. The Balaban J connectivity index is 1.92. The van der Waals surface area contributed by atoms with Crippen LogP contribution < -0.4 is 10.5 Å². The van der Waals surface area contributed by atoms with Gasteiger partial charge in [-0.2, -0.15) is 0 Å². The maximum absolute atomic E-state index is 12.2. The predicted molar refractivity (Wildman–Crippen MR) is 79.6 cm³/mol. The molecule has 1 fully saturated rings. The van der Waals surface area contributed by atoms with Gasteiger partial charge in [0.1, 0.15) is 5.75 Å². The van der Waals surface area contributed by atoms with E-state index in [1.54, 1.807) is 0 Å². The van der Waals surface area contributed by atoms with Crippen LogP contribution in [0.3, 0.4) is 0 Å². The minimum Gasteiger partial charge on any atom is -0.483 e. The van der Waals surface area contributed by atoms with Gasteiger partial charge in [-0.25, -0.2) is 0 Å². The fraction of sp³-hybridized carbons (Fsp3) is 0.562. The SMILES string of the molecule is C[C@@H](N)c1ccccc1OCC(=O)N1CCCCCC1. The Morgan fingerprint density at radius 1 is 1.25 bits per heavy atom. The van der Waals surface area contributed by atoms with E-state index in [-0.39, 0.29) is 18.6 Å². The second-order valence-electron chi connectivity index (χ2n) is 5.41. The minimum atomic E-state index is -0.0977. The lowest BCUT2D eigenvalue weighted by atomic mass is 10.1. The van der Waals surface area contributed by atoms with Gasteiger partial charge in [-0.3, -0.25) is 4.79 Å². The molecule has 110 valence electrons. The van der Waals surface area contributed by atoms with E-state index in [1.807, 2.05) is 36.1 Å². The number of carbonyl (C=O) groups excluding carboxylic acids is 1. The molecule has 0 radical (unpaired) electrons. The van der Waals surface area contributed by atoms with E-state index in [2.05, 4.69) is 0 Å². The van der Waals surface area contributed by atoms with Crippen LogP contribution >= 0.6 is 0 Å². The summed E-state index contributed by atoms with van der Waals surface area (Å²) in [6, 6.07) is 7.55. The zero-order valence-corrected chi connectivity index (χ0v) is 12.2. The normalized spacial score (nSPS) is 17.4. The van der Waals surface area contributed by atoms with Crippen LogP contribution in [0, 0.1) is 0 Å². The van der Waals surface area contributed by atoms with Crippen LogP contribution in [0.1, 0.15) is 44.2 Å². The number of hydrogen-bond acceptors (Lipinski definition) is 3. The molecule has 0 aromatic heterocycles. The molecule has 1 aliphatic heterocycles. The highest BCUT2D eigenvalue weighted by molar-refractivity contribution is 5.77. The average Bonchev–Trinajstić information content (AvgIpc) is 2.74. The van der Waals surface area contributed by atoms with Crippen LogP contribution in [0.5, 0.6) is 5.75 Å². The van der Waals surface area contributed by atoms with E-state index in [0.717, 1.165) is 31.5 Å². The van der Waals surface area contributed by atoms with Gasteiger partial charge in [-0.1, -0.05) is 31.0 Å². The standard InChI is InChI=1S/C16H24N2O2/c1-13(17)14-8-4-5-9-15(14)20-12-16(19)18-10-6-2-3-7-11-18/h4-5,8-9,13H,2-3,6-7,10-12,17H2,1H3/t13-/m1/s1. The minimum absolute atomic E-state index is 0.0753. The number of hydrogen-bond donors (Lipinski definition) is 1. The number of nitrogens with zero attached hydrogens (tertiary/aromatic N) is 1. The molecule has 2 rings (SSSR count). The second kappa shape index (κ2) is 7.29. The molecular weight excluding hydrogens is 252 g/mol. The van der Waals surface area contributed by atoms with Crippen LogP contribution in [0.15, 0.2) is 24.3 Å². The van der Waals surface area contributed by atoms with Gasteiger partial charge in [-0.15, -0.1) is 0 Å². The molecule has 1 amide bonds. The van der Waals surface area contributed by atoms with E-state index < -0.39 is 0 Å². The summed E-state index contributed by atoms with van der Waals surface area (Å²) in [4.78, 5) is 14.1. The van der Waals surface area contributed by atoms with Crippen LogP contribution in [0.2, 0.25) is 0 Å². The molecule has 1 saturated heterocycles. The molecule has 1 aromatic rings. The number of carbonyl (C=O) groups is 1. The first-order valence-corrected chi connectivity index (χ1v) is 7.43. The van der Waals surface area contributed by atoms with Gasteiger partial charge in [-0.05, 0) is 25.8 Å². The van der Waals surface area contributed by atoms with E-state index in [1.165, 1.54) is 12.8 Å². The molecule has 0 spiro atoms. The smallest absolute Gasteiger partial charge is 0.260 e. The summed E-state index contributed by atoms with van der Waals surface area (Å²) in [6.07, 6.45) is 4.64. The van der Waals surface area contributed by atoms with Gasteiger partial charge in [0.25, 0.3) is 5.91 Å². The highest BCUT2D eigenvalue weighted by atomic mass is 16.5. The fourth-order valence-corrected chi connectivity index (χ4v) is 2.54. The van der Waals surface area contributed by atoms with Crippen molar-refractivity contribution in [2.45, 2.75) is 38.6 Å². The molecule has 1 aromatic carbocycles. The number of rotatable bonds is 4. The Labute approximate surface area is 120 Å². The lowest BCUT2D eigenvalue weighted by molar-refractivity contribution is -0.133. The molecule has 0 saturated carbocycles. The third-order valence-corrected chi connectivity index (χ3v) is 3.72. The molecule has 0 aliphatic carbocycles. The molecule has 0 bridgehead atoms. The van der Waals surface area contributed by atoms with Gasteiger partial charge in [0.15, 0.2) is 6.61 Å². The summed E-state index contributed by atoms with van der Waals surface area (Å²) in [5, 5.41) is 0. The van der Waals surface area contributed by atoms with Crippen molar-refractivity contribution in [3.05, 3.63) is 29.8 Å². The maximum Gasteiger partial charge on any atom is 0.260 e. The lowest BCUT2D eigenvalue weighted by Crippen LogP contribution is -2.35. The Hall–Kier alpha value is -1.55. The highest BCUT2D eigenvalue weighted by Gasteiger charge is 2.16. The Morgan fingerprint density at radius 2 is 1.90 bits per heavy atom. The zero-order chi connectivity index (χ0) is 14.4. The van der Waals surface area contributed by atoms with Crippen molar-refractivity contribution in [3.63, 3.8) is 0 Å². The number of benzene rings is 1. The summed E-state index contributed by atoms with van der Waals surface area (Å²) >= 11 is 0. The number of nitrogens with two attached hydrogens (primary N) is 1. The summed E-state index contributed by atoms with van der Waals surface area (Å²) < 4.78 is 5.68. The Morgan fingerprint density at radius 3 is 2.55 bits per heavy atom. The highest BCUT2D eigenvalue weighted by Crippen LogP contribution is 2.23. The lowest BCUT2D eigenvalue weighted by Gasteiger charge is -2.21. The van der Waals surface area contributed by atoms with Crippen molar-refractivity contribution >= 4 is 5.91 Å². The summed E-state index contributed by atoms with van der Waals surface area (Å²) in [6.45, 7) is 3.73. The fourth-order valence-electron chi connectivity index (χ4n) is 2.54. The first kappa shape index (κ1) is 14.9. The van der Waals surface area contributed by atoms with Crippen LogP contribution in [0.4, 0.5) is 0 Å². The quantitative estimate of drug-likeness (QED) is 0.919. The molecule has 0 unspecified atom stereocenters. The molecule has 2 N–H and O–H groups in total. The summed E-state index contributed by atoms with van der Waals surface area (Å²) in [7, 11) is 0. The molecule has 1 atom stereocenters. The van der Waals surface area contributed by atoms with Crippen molar-refractivity contribution in [1.29, 1.82) is 0 Å². The predicted octanol–water partition coefficient (Wildman–Crippen LogP) is 2.49. The van der Waals surface area contributed by atoms with Crippen molar-refractivity contribution in [1.82, 2.24) is 4.90 Å². The van der Waals surface area contributed by atoms with Gasteiger partial charge in [0.2, 0.25) is 0 Å². The summed E-state index contributed by atoms with van der Waals surface area (Å²) in [5.74, 6) is 0.789. The van der Waals surface area contributed by atoms with Crippen molar-refractivity contribution in [2.24, 2.45) is 5.73 Å². The van der Waals surface area contributed by atoms with Crippen molar-refractivity contribution in [3.8, 4) is 5.75 Å². The topological polar surface area (TPSA) is 55.6 Å². The second-order valence-corrected chi connectivity index (χ2v) is 5.41. The zero-order valence-electron chi connectivity index (χ0n) is 12.2. The van der Waals surface area contributed by atoms with E-state index in [0.29, 0.717) is 5.75 Å². The molecule has 20 heavy (non-hydrogen) atoms. The van der Waals surface area contributed by atoms with Crippen LogP contribution in [-0.2, 0) is 4.79 Å². The first-order valence-electron chi connectivity index (χ1n) is 7.43. The van der Waals surface area contributed by atoms with Crippen LogP contribution in [0.25, 0.3) is 0 Å². The Bertz CT molecular complexity index is 438. The van der Waals surface area contributed by atoms with Crippen LogP contribution in [-0.4, -0.2) is 30.5 Å². The third-order valence-electron chi connectivity index (χ3n) is 3.72. The molecule has 4 heteroatoms. The van der Waals surface area contributed by atoms with Gasteiger partial charge >= 0.3 is 0 Å². The number of ether oxygens (including phenoxy) is 1.